The lowest BCUT2D eigenvalue weighted by atomic mass is 10.0. The molecule has 3 heterocycles. The van der Waals surface area contributed by atoms with Crippen molar-refractivity contribution in [1.82, 2.24) is 20.3 Å². The van der Waals surface area contributed by atoms with Crippen LogP contribution in [0.25, 0.3) is 0 Å². The number of hydrogen-bond donors (Lipinski definition) is 1. The first-order valence-corrected chi connectivity index (χ1v) is 5.61. The van der Waals surface area contributed by atoms with Gasteiger partial charge in [0, 0.05) is 6.54 Å². The van der Waals surface area contributed by atoms with Crippen LogP contribution < -0.4 is 5.32 Å². The highest BCUT2D eigenvalue weighted by Crippen LogP contribution is 2.26. The fraction of sp³-hybridized carbons (Fsp3) is 0.800. The van der Waals surface area contributed by atoms with E-state index in [9.17, 15) is 0 Å². The van der Waals surface area contributed by atoms with Crippen molar-refractivity contribution in [2.75, 3.05) is 6.54 Å². The van der Waals surface area contributed by atoms with Crippen molar-refractivity contribution in [1.29, 1.82) is 0 Å². The Morgan fingerprint density at radius 3 is 3.14 bits per heavy atom. The third-order valence-electron chi connectivity index (χ3n) is 3.29. The first-order valence-electron chi connectivity index (χ1n) is 5.61. The number of aryl methyl sites for hydroxylation is 1. The summed E-state index contributed by atoms with van der Waals surface area (Å²) in [4.78, 5) is 0. The molecule has 0 saturated carbocycles. The smallest absolute Gasteiger partial charge is 0.103 e. The maximum Gasteiger partial charge on any atom is 0.103 e. The number of rotatable bonds is 1. The molecular weight excluding hydrogens is 176 g/mol. The Kier molecular flexibility index (Phi) is 2.01. The summed E-state index contributed by atoms with van der Waals surface area (Å²) in [5, 5.41) is 12.1. The maximum absolute atomic E-state index is 4.33. The van der Waals surface area contributed by atoms with Gasteiger partial charge in [0.2, 0.25) is 0 Å². The Hall–Kier alpha value is -0.900. The summed E-state index contributed by atoms with van der Waals surface area (Å²) in [6.45, 7) is 2.20. The molecule has 0 radical (unpaired) electrons. The molecule has 0 bridgehead atoms. The first-order chi connectivity index (χ1) is 6.95. The van der Waals surface area contributed by atoms with E-state index in [1.807, 2.05) is 0 Å². The molecule has 1 aromatic heterocycles. The number of hydrogen-bond acceptors (Lipinski definition) is 3. The number of nitrogens with zero attached hydrogens (tertiary/aromatic N) is 3. The van der Waals surface area contributed by atoms with Gasteiger partial charge < -0.3 is 5.32 Å². The van der Waals surface area contributed by atoms with Gasteiger partial charge in [-0.05, 0) is 38.6 Å². The minimum absolute atomic E-state index is 0.483. The van der Waals surface area contributed by atoms with Crippen molar-refractivity contribution >= 4 is 0 Å². The van der Waals surface area contributed by atoms with E-state index >= 15 is 0 Å². The van der Waals surface area contributed by atoms with Crippen LogP contribution in [-0.2, 0) is 13.0 Å². The van der Waals surface area contributed by atoms with E-state index in [-0.39, 0.29) is 0 Å². The van der Waals surface area contributed by atoms with E-state index in [4.69, 9.17) is 0 Å². The fourth-order valence-corrected chi connectivity index (χ4v) is 2.53. The molecule has 14 heavy (non-hydrogen) atoms. The van der Waals surface area contributed by atoms with Gasteiger partial charge in [0.25, 0.3) is 0 Å². The second-order valence-corrected chi connectivity index (χ2v) is 4.25. The molecule has 0 aromatic carbocycles. The van der Waals surface area contributed by atoms with Crippen LogP contribution in [-0.4, -0.2) is 21.5 Å². The Labute approximate surface area is 83.7 Å². The van der Waals surface area contributed by atoms with Crippen LogP contribution in [0, 0.1) is 0 Å². The van der Waals surface area contributed by atoms with Crippen LogP contribution in [0.1, 0.15) is 43.1 Å². The summed E-state index contributed by atoms with van der Waals surface area (Å²) in [6.07, 6.45) is 6.23. The molecule has 0 aliphatic carbocycles. The SMILES string of the molecule is C1CCn2nnc(C3CCCN3)c2C1. The molecule has 4 heteroatoms. The van der Waals surface area contributed by atoms with E-state index in [2.05, 4.69) is 20.3 Å². The van der Waals surface area contributed by atoms with Crippen LogP contribution >= 0.6 is 0 Å². The lowest BCUT2D eigenvalue weighted by Gasteiger charge is -2.15. The van der Waals surface area contributed by atoms with E-state index < -0.39 is 0 Å². The number of fused-ring (bicyclic) bond motifs is 1. The summed E-state index contributed by atoms with van der Waals surface area (Å²) in [7, 11) is 0. The maximum atomic E-state index is 4.33. The van der Waals surface area contributed by atoms with Crippen molar-refractivity contribution in [3.63, 3.8) is 0 Å². The molecule has 4 nitrogen and oxygen atoms in total. The molecule has 1 saturated heterocycles. The summed E-state index contributed by atoms with van der Waals surface area (Å²) in [5.74, 6) is 0. The summed E-state index contributed by atoms with van der Waals surface area (Å²) < 4.78 is 2.10. The Morgan fingerprint density at radius 2 is 2.29 bits per heavy atom. The lowest BCUT2D eigenvalue weighted by molar-refractivity contribution is 0.474. The quantitative estimate of drug-likeness (QED) is 0.723. The van der Waals surface area contributed by atoms with E-state index in [1.165, 1.54) is 43.5 Å². The van der Waals surface area contributed by atoms with Gasteiger partial charge in [0.1, 0.15) is 5.69 Å². The van der Waals surface area contributed by atoms with Crippen LogP contribution in [0.4, 0.5) is 0 Å². The van der Waals surface area contributed by atoms with Gasteiger partial charge in [-0.2, -0.15) is 0 Å². The van der Waals surface area contributed by atoms with Crippen LogP contribution in [0.2, 0.25) is 0 Å². The molecule has 1 aromatic rings. The summed E-state index contributed by atoms with van der Waals surface area (Å²) in [5.41, 5.74) is 2.61. The van der Waals surface area contributed by atoms with Crippen molar-refractivity contribution in [3.05, 3.63) is 11.4 Å². The largest absolute Gasteiger partial charge is 0.309 e. The zero-order chi connectivity index (χ0) is 9.38. The third-order valence-corrected chi connectivity index (χ3v) is 3.29. The lowest BCUT2D eigenvalue weighted by Crippen LogP contribution is -2.17. The molecule has 1 N–H and O–H groups in total. The summed E-state index contributed by atoms with van der Waals surface area (Å²) in [6, 6.07) is 0.483. The van der Waals surface area contributed by atoms with Gasteiger partial charge in [-0.15, -0.1) is 5.10 Å². The standard InChI is InChI=1S/C10H16N4/c1-2-7-14-9(5-1)10(12-13-14)8-4-3-6-11-8/h8,11H,1-7H2. The van der Waals surface area contributed by atoms with Crippen molar-refractivity contribution in [2.45, 2.75) is 44.7 Å². The second-order valence-electron chi connectivity index (χ2n) is 4.25. The van der Waals surface area contributed by atoms with Crippen molar-refractivity contribution < 1.29 is 0 Å². The summed E-state index contributed by atoms with van der Waals surface area (Å²) >= 11 is 0. The average Bonchev–Trinajstić information content (AvgIpc) is 2.85. The molecule has 0 amide bonds. The van der Waals surface area contributed by atoms with Crippen LogP contribution in [0.3, 0.4) is 0 Å². The fourth-order valence-electron chi connectivity index (χ4n) is 2.53. The van der Waals surface area contributed by atoms with Crippen LogP contribution in [0.5, 0.6) is 0 Å². The number of nitrogens with one attached hydrogen (secondary N) is 1. The zero-order valence-electron chi connectivity index (χ0n) is 8.37. The van der Waals surface area contributed by atoms with Gasteiger partial charge in [-0.25, -0.2) is 4.68 Å². The predicted octanol–water partition coefficient (Wildman–Crippen LogP) is 1.04. The molecule has 2 aliphatic rings. The Bertz CT molecular complexity index is 325. The molecule has 2 aliphatic heterocycles. The van der Waals surface area contributed by atoms with Gasteiger partial charge in [0.15, 0.2) is 0 Å². The highest BCUT2D eigenvalue weighted by molar-refractivity contribution is 5.17. The van der Waals surface area contributed by atoms with Gasteiger partial charge >= 0.3 is 0 Å². The molecule has 3 rings (SSSR count). The highest BCUT2D eigenvalue weighted by atomic mass is 15.4. The van der Waals surface area contributed by atoms with E-state index in [0.29, 0.717) is 6.04 Å². The van der Waals surface area contributed by atoms with Gasteiger partial charge in [-0.1, -0.05) is 5.21 Å². The topological polar surface area (TPSA) is 42.7 Å². The van der Waals surface area contributed by atoms with Crippen molar-refractivity contribution in [2.24, 2.45) is 0 Å². The normalized spacial score (nSPS) is 26.4. The zero-order valence-corrected chi connectivity index (χ0v) is 8.37. The van der Waals surface area contributed by atoms with Crippen LogP contribution in [0.15, 0.2) is 0 Å². The third kappa shape index (κ3) is 1.25. The first kappa shape index (κ1) is 8.41. The van der Waals surface area contributed by atoms with E-state index in [0.717, 1.165) is 13.1 Å². The molecule has 1 atom stereocenters. The second kappa shape index (κ2) is 3.35. The minimum atomic E-state index is 0.483. The van der Waals surface area contributed by atoms with E-state index in [1.54, 1.807) is 0 Å². The Balaban J connectivity index is 1.93. The number of aromatic nitrogens is 3. The monoisotopic (exact) mass is 192 g/mol. The Morgan fingerprint density at radius 1 is 1.29 bits per heavy atom. The molecule has 76 valence electrons. The molecule has 1 unspecified atom stereocenters. The minimum Gasteiger partial charge on any atom is -0.309 e. The molecule has 1 fully saturated rings. The van der Waals surface area contributed by atoms with Gasteiger partial charge in [-0.3, -0.25) is 0 Å². The average molecular weight is 192 g/mol. The highest BCUT2D eigenvalue weighted by Gasteiger charge is 2.25. The van der Waals surface area contributed by atoms with Crippen molar-refractivity contribution in [3.8, 4) is 0 Å². The predicted molar refractivity (Wildman–Crippen MR) is 52.9 cm³/mol. The molecular formula is C10H16N4. The van der Waals surface area contributed by atoms with Gasteiger partial charge in [0.05, 0.1) is 11.7 Å². The molecule has 0 spiro atoms.